The number of fused-ring (bicyclic) bond motifs is 1. The number of aryl methyl sites for hydroxylation is 1. The normalized spacial score (nSPS) is 21.8. The molecule has 2 aliphatic rings. The number of hydrogen-bond acceptors (Lipinski definition) is 2. The molecule has 0 saturated carbocycles. The quantitative estimate of drug-likeness (QED) is 0.285. The number of benzene rings is 2. The third-order valence-electron chi connectivity index (χ3n) is 9.18. The molecule has 2 aromatic rings. The third-order valence-corrected chi connectivity index (χ3v) is 15.9. The van der Waals surface area contributed by atoms with E-state index in [0.29, 0.717) is 18.0 Å². The van der Waals surface area contributed by atoms with Gasteiger partial charge in [0, 0.05) is 18.1 Å². The zero-order chi connectivity index (χ0) is 28.3. The van der Waals surface area contributed by atoms with Gasteiger partial charge in [0.1, 0.15) is 0 Å². The summed E-state index contributed by atoms with van der Waals surface area (Å²) in [5.74, 6) is 0.244. The van der Waals surface area contributed by atoms with Crippen LogP contribution in [0.5, 0.6) is 0 Å². The molecule has 0 bridgehead atoms. The van der Waals surface area contributed by atoms with Gasteiger partial charge >= 0.3 is 0 Å². The standard InChI is InChI=1S/C33H45NO2SSi/c1-23(2)29-21-34(37(35,36)26-18-16-24(3)17-19-26)22-30-28(29)20-25(4)33(8,31(30)32(5,6)7)38(9,10)27-14-12-11-13-15-27/h11-19,23H,4,20-22H2,1-3,5-10H3. The van der Waals surface area contributed by atoms with Gasteiger partial charge in [-0.05, 0) is 53.5 Å². The van der Waals surface area contributed by atoms with Crippen molar-refractivity contribution in [2.24, 2.45) is 11.3 Å². The summed E-state index contributed by atoms with van der Waals surface area (Å²) in [6.45, 7) is 26.2. The van der Waals surface area contributed by atoms with Crippen LogP contribution in [0.1, 0.15) is 53.5 Å². The van der Waals surface area contributed by atoms with Gasteiger partial charge in [-0.1, -0.05) is 126 Å². The minimum absolute atomic E-state index is 0.156. The summed E-state index contributed by atoms with van der Waals surface area (Å²) in [5.41, 5.74) is 7.34. The summed E-state index contributed by atoms with van der Waals surface area (Å²) >= 11 is 0. The molecule has 38 heavy (non-hydrogen) atoms. The molecule has 204 valence electrons. The Morgan fingerprint density at radius 3 is 2.05 bits per heavy atom. The first-order valence-electron chi connectivity index (χ1n) is 13.8. The van der Waals surface area contributed by atoms with Gasteiger partial charge < -0.3 is 0 Å². The lowest BCUT2D eigenvalue weighted by atomic mass is 9.65. The SMILES string of the molecule is C=C1CC2=C(C(C)C)CN(S(=O)(=O)c3ccc(C)cc3)CC2=C(C(C)(C)C)C1(C)[Si](C)(C)c1ccccc1. The van der Waals surface area contributed by atoms with Gasteiger partial charge in [0.15, 0.2) is 0 Å². The van der Waals surface area contributed by atoms with Crippen LogP contribution in [0.25, 0.3) is 0 Å². The highest BCUT2D eigenvalue weighted by atomic mass is 32.2. The number of nitrogens with zero attached hydrogens (tertiary/aromatic N) is 1. The molecule has 3 nitrogen and oxygen atoms in total. The predicted octanol–water partition coefficient (Wildman–Crippen LogP) is 7.63. The third kappa shape index (κ3) is 4.61. The van der Waals surface area contributed by atoms with E-state index in [9.17, 15) is 8.42 Å². The fourth-order valence-corrected chi connectivity index (χ4v) is 11.9. The monoisotopic (exact) mass is 547 g/mol. The van der Waals surface area contributed by atoms with E-state index in [0.717, 1.165) is 12.0 Å². The van der Waals surface area contributed by atoms with E-state index in [1.165, 1.54) is 33.1 Å². The Kier molecular flexibility index (Phi) is 7.39. The topological polar surface area (TPSA) is 37.4 Å². The van der Waals surface area contributed by atoms with Crippen LogP contribution < -0.4 is 5.19 Å². The molecule has 0 fully saturated rings. The molecule has 1 atom stereocenters. The molecule has 1 aliphatic heterocycles. The summed E-state index contributed by atoms with van der Waals surface area (Å²) in [6.07, 6.45) is 0.820. The Hall–Kier alpha value is -2.21. The van der Waals surface area contributed by atoms with Gasteiger partial charge in [-0.15, -0.1) is 0 Å². The lowest BCUT2D eigenvalue weighted by Gasteiger charge is -2.55. The molecule has 0 amide bonds. The van der Waals surface area contributed by atoms with Crippen LogP contribution in [-0.4, -0.2) is 33.9 Å². The average molecular weight is 548 g/mol. The first kappa shape index (κ1) is 28.8. The Bertz CT molecular complexity index is 1410. The molecule has 1 heterocycles. The van der Waals surface area contributed by atoms with E-state index in [1.54, 1.807) is 16.4 Å². The van der Waals surface area contributed by atoms with Crippen LogP contribution in [0.4, 0.5) is 0 Å². The molecule has 0 radical (unpaired) electrons. The van der Waals surface area contributed by atoms with Gasteiger partial charge in [-0.25, -0.2) is 8.42 Å². The van der Waals surface area contributed by atoms with E-state index in [2.05, 4.69) is 85.0 Å². The number of hydrogen-bond donors (Lipinski definition) is 0. The summed E-state index contributed by atoms with van der Waals surface area (Å²) < 4.78 is 29.8. The number of allylic oxidation sites excluding steroid dienone is 2. The average Bonchev–Trinajstić information content (AvgIpc) is 2.83. The van der Waals surface area contributed by atoms with E-state index in [-0.39, 0.29) is 16.4 Å². The fraction of sp³-hybridized carbons (Fsp3) is 0.455. The van der Waals surface area contributed by atoms with Crippen molar-refractivity contribution in [2.75, 3.05) is 13.1 Å². The van der Waals surface area contributed by atoms with E-state index >= 15 is 0 Å². The van der Waals surface area contributed by atoms with E-state index in [4.69, 9.17) is 6.58 Å². The molecular weight excluding hydrogens is 503 g/mol. The maximum absolute atomic E-state index is 14.0. The fourth-order valence-electron chi connectivity index (χ4n) is 6.79. The Morgan fingerprint density at radius 1 is 0.947 bits per heavy atom. The largest absolute Gasteiger partial charge is 0.243 e. The van der Waals surface area contributed by atoms with Crippen LogP contribution in [0, 0.1) is 18.3 Å². The molecule has 0 saturated heterocycles. The van der Waals surface area contributed by atoms with Gasteiger partial charge in [0.2, 0.25) is 10.0 Å². The second-order valence-electron chi connectivity index (χ2n) is 13.2. The van der Waals surface area contributed by atoms with E-state index < -0.39 is 18.1 Å². The smallest absolute Gasteiger partial charge is 0.207 e. The first-order valence-corrected chi connectivity index (χ1v) is 18.2. The lowest BCUT2D eigenvalue weighted by Crippen LogP contribution is -2.56. The van der Waals surface area contributed by atoms with Crippen LogP contribution in [-0.2, 0) is 10.0 Å². The van der Waals surface area contributed by atoms with Gasteiger partial charge in [-0.2, -0.15) is 4.31 Å². The van der Waals surface area contributed by atoms with Crippen molar-refractivity contribution in [3.8, 4) is 0 Å². The summed E-state index contributed by atoms with van der Waals surface area (Å²) in [5, 5.41) is 1.19. The van der Waals surface area contributed by atoms with Crippen molar-refractivity contribution in [2.45, 2.75) is 77.9 Å². The maximum Gasteiger partial charge on any atom is 0.243 e. The van der Waals surface area contributed by atoms with Gasteiger partial charge in [-0.3, -0.25) is 0 Å². The van der Waals surface area contributed by atoms with Crippen molar-refractivity contribution >= 4 is 23.3 Å². The minimum atomic E-state index is -3.65. The van der Waals surface area contributed by atoms with Crippen molar-refractivity contribution in [3.63, 3.8) is 0 Å². The lowest BCUT2D eigenvalue weighted by molar-refractivity contribution is 0.399. The van der Waals surface area contributed by atoms with Crippen LogP contribution in [0.15, 0.2) is 93.9 Å². The number of sulfonamides is 1. The van der Waals surface area contributed by atoms with Crippen LogP contribution >= 0.6 is 0 Å². The Labute approximate surface area is 232 Å². The molecule has 0 N–H and O–H groups in total. The highest BCUT2D eigenvalue weighted by molar-refractivity contribution is 7.89. The highest BCUT2D eigenvalue weighted by Crippen LogP contribution is 2.63. The zero-order valence-electron chi connectivity index (χ0n) is 24.8. The number of rotatable bonds is 5. The zero-order valence-corrected chi connectivity index (χ0v) is 26.6. The molecule has 2 aromatic carbocycles. The van der Waals surface area contributed by atoms with Crippen molar-refractivity contribution < 1.29 is 8.42 Å². The second kappa shape index (κ2) is 9.76. The summed E-state index contributed by atoms with van der Waals surface area (Å²) in [4.78, 5) is 0.370. The summed E-state index contributed by atoms with van der Waals surface area (Å²) in [6, 6.07) is 18.2. The highest BCUT2D eigenvalue weighted by Gasteiger charge is 2.55. The Morgan fingerprint density at radius 2 is 1.53 bits per heavy atom. The van der Waals surface area contributed by atoms with Gasteiger partial charge in [0.25, 0.3) is 0 Å². The molecule has 1 aliphatic carbocycles. The predicted molar refractivity (Wildman–Crippen MR) is 164 cm³/mol. The van der Waals surface area contributed by atoms with Crippen molar-refractivity contribution in [1.29, 1.82) is 0 Å². The van der Waals surface area contributed by atoms with E-state index in [1.807, 2.05) is 19.1 Å². The second-order valence-corrected chi connectivity index (χ2v) is 20.0. The Balaban J connectivity index is 2.00. The van der Waals surface area contributed by atoms with Crippen LogP contribution in [0.2, 0.25) is 18.1 Å². The van der Waals surface area contributed by atoms with Crippen LogP contribution in [0.3, 0.4) is 0 Å². The molecule has 5 heteroatoms. The molecular formula is C33H45NO2SSi. The van der Waals surface area contributed by atoms with Crippen molar-refractivity contribution in [3.05, 3.63) is 94.6 Å². The van der Waals surface area contributed by atoms with Crippen molar-refractivity contribution in [1.82, 2.24) is 4.31 Å². The summed E-state index contributed by atoms with van der Waals surface area (Å²) in [7, 11) is -5.80. The molecule has 0 spiro atoms. The molecule has 1 unspecified atom stereocenters. The molecule has 4 rings (SSSR count). The minimum Gasteiger partial charge on any atom is -0.207 e. The first-order chi connectivity index (χ1) is 17.5. The maximum atomic E-state index is 14.0. The van der Waals surface area contributed by atoms with Gasteiger partial charge in [0.05, 0.1) is 13.0 Å². The molecule has 0 aromatic heterocycles.